The number of methoxy groups -OCH3 is 4. The van der Waals surface area contributed by atoms with Crippen LogP contribution in [0.2, 0.25) is 0 Å². The van der Waals surface area contributed by atoms with E-state index in [9.17, 15) is 0 Å². The molecule has 0 aromatic heterocycles. The summed E-state index contributed by atoms with van der Waals surface area (Å²) in [5.41, 5.74) is 12.8. The number of hydrogen-bond donors (Lipinski definition) is 0. The van der Waals surface area contributed by atoms with Gasteiger partial charge in [-0.05, 0) is 155 Å². The van der Waals surface area contributed by atoms with E-state index in [0.717, 1.165) is 90.5 Å². The topological polar surface area (TPSA) is 43.4 Å². The molecule has 0 radical (unpaired) electrons. The second kappa shape index (κ2) is 18.3. The minimum absolute atomic E-state index is 0.803. The highest BCUT2D eigenvalue weighted by Crippen LogP contribution is 2.42. The van der Waals surface area contributed by atoms with Gasteiger partial charge in [0.15, 0.2) is 0 Å². The van der Waals surface area contributed by atoms with Gasteiger partial charge in [-0.3, -0.25) is 0 Å². The summed E-state index contributed by atoms with van der Waals surface area (Å²) in [5.74, 6) is 3.21. The molecule has 8 rings (SSSR count). The Morgan fingerprint density at radius 1 is 0.250 bits per heavy atom. The first kappa shape index (κ1) is 39.1. The average Bonchev–Trinajstić information content (AvgIpc) is 3.33. The second-order valence-corrected chi connectivity index (χ2v) is 14.0. The maximum atomic E-state index is 5.49. The molecule has 6 heteroatoms. The van der Waals surface area contributed by atoms with Crippen molar-refractivity contribution in [1.29, 1.82) is 0 Å². The Bertz CT molecular complexity index is 2340. The van der Waals surface area contributed by atoms with Crippen LogP contribution in [0.4, 0.5) is 34.1 Å². The van der Waals surface area contributed by atoms with E-state index < -0.39 is 0 Å². The summed E-state index contributed by atoms with van der Waals surface area (Å²) in [6.07, 6.45) is 0. The standard InChI is InChI=1S/C54H46N2O4/c1-57-49-31-23-45(24-32-49)55(46-25-33-50(58-2)34-26-46)43-19-15-41(16-20-43)53(39-11-7-5-8-12-39)54(40-13-9-6-10-14-40)42-17-21-44(22-18-42)56(47-27-35-51(59-3)36-28-47)48-29-37-52(60-4)38-30-48/h5-38H,1-4H3/b54-53+. The monoisotopic (exact) mass is 786 g/mol. The molecule has 0 saturated carbocycles. The molecule has 8 aromatic rings. The molecule has 8 aromatic carbocycles. The lowest BCUT2D eigenvalue weighted by atomic mass is 9.85. The van der Waals surface area contributed by atoms with Gasteiger partial charge in [0.25, 0.3) is 0 Å². The van der Waals surface area contributed by atoms with Crippen molar-refractivity contribution in [3.05, 3.63) is 229 Å². The van der Waals surface area contributed by atoms with Gasteiger partial charge in [-0.15, -0.1) is 0 Å². The molecule has 0 spiro atoms. The first-order chi connectivity index (χ1) is 29.6. The summed E-state index contributed by atoms with van der Waals surface area (Å²) in [4.78, 5) is 4.48. The predicted molar refractivity (Wildman–Crippen MR) is 246 cm³/mol. The first-order valence-corrected chi connectivity index (χ1v) is 19.8. The molecule has 0 aliphatic rings. The van der Waals surface area contributed by atoms with Gasteiger partial charge in [0.1, 0.15) is 23.0 Å². The minimum atomic E-state index is 0.803. The van der Waals surface area contributed by atoms with Gasteiger partial charge in [-0.1, -0.05) is 84.9 Å². The minimum Gasteiger partial charge on any atom is -0.497 e. The van der Waals surface area contributed by atoms with Crippen LogP contribution in [-0.4, -0.2) is 28.4 Å². The van der Waals surface area contributed by atoms with Crippen LogP contribution in [0.25, 0.3) is 11.1 Å². The van der Waals surface area contributed by atoms with Crippen molar-refractivity contribution in [3.8, 4) is 23.0 Å². The fourth-order valence-corrected chi connectivity index (χ4v) is 7.49. The third-order valence-electron chi connectivity index (χ3n) is 10.5. The highest BCUT2D eigenvalue weighted by molar-refractivity contribution is 6.05. The van der Waals surface area contributed by atoms with Crippen LogP contribution in [0.15, 0.2) is 206 Å². The third kappa shape index (κ3) is 8.45. The molecule has 0 aliphatic heterocycles. The summed E-state index contributed by atoms with van der Waals surface area (Å²) in [5, 5.41) is 0. The molecule has 0 bridgehead atoms. The fourth-order valence-electron chi connectivity index (χ4n) is 7.49. The van der Waals surface area contributed by atoms with E-state index >= 15 is 0 Å². The Labute approximate surface area is 352 Å². The molecular formula is C54H46N2O4. The van der Waals surface area contributed by atoms with Crippen LogP contribution in [0.3, 0.4) is 0 Å². The van der Waals surface area contributed by atoms with E-state index in [0.29, 0.717) is 0 Å². The lowest BCUT2D eigenvalue weighted by Crippen LogP contribution is -2.10. The summed E-state index contributed by atoms with van der Waals surface area (Å²) < 4.78 is 22.0. The SMILES string of the molecule is COc1ccc(N(c2ccc(OC)cc2)c2ccc(/C(=C(\c3ccccc3)c3ccc(N(c4ccc(OC)cc4)c4ccc(OC)cc4)cc3)c3ccccc3)cc2)cc1. The molecule has 0 unspecified atom stereocenters. The maximum absolute atomic E-state index is 5.49. The van der Waals surface area contributed by atoms with Gasteiger partial charge < -0.3 is 28.7 Å². The van der Waals surface area contributed by atoms with Gasteiger partial charge >= 0.3 is 0 Å². The largest absolute Gasteiger partial charge is 0.497 e. The number of hydrogen-bond acceptors (Lipinski definition) is 6. The van der Waals surface area contributed by atoms with E-state index in [4.69, 9.17) is 18.9 Å². The van der Waals surface area contributed by atoms with Crippen LogP contribution in [0.5, 0.6) is 23.0 Å². The van der Waals surface area contributed by atoms with Crippen LogP contribution < -0.4 is 28.7 Å². The highest BCUT2D eigenvalue weighted by atomic mass is 16.5. The molecule has 0 N–H and O–H groups in total. The van der Waals surface area contributed by atoms with Gasteiger partial charge in [0.05, 0.1) is 28.4 Å². The maximum Gasteiger partial charge on any atom is 0.119 e. The van der Waals surface area contributed by atoms with Gasteiger partial charge in [-0.25, -0.2) is 0 Å². The number of benzene rings is 8. The van der Waals surface area contributed by atoms with Crippen molar-refractivity contribution in [1.82, 2.24) is 0 Å². The summed E-state index contributed by atoms with van der Waals surface area (Å²) in [6.45, 7) is 0. The molecule has 60 heavy (non-hydrogen) atoms. The van der Waals surface area contributed by atoms with Crippen molar-refractivity contribution < 1.29 is 18.9 Å². The molecule has 296 valence electrons. The fraction of sp³-hybridized carbons (Fsp3) is 0.0741. The normalized spacial score (nSPS) is 11.3. The Morgan fingerprint density at radius 3 is 0.667 bits per heavy atom. The lowest BCUT2D eigenvalue weighted by Gasteiger charge is -2.27. The quantitative estimate of drug-likeness (QED) is 0.102. The number of nitrogens with zero attached hydrogens (tertiary/aromatic N) is 2. The molecule has 0 aliphatic carbocycles. The molecule has 0 heterocycles. The van der Waals surface area contributed by atoms with E-state index in [1.165, 1.54) is 0 Å². The van der Waals surface area contributed by atoms with Gasteiger partial charge in [0.2, 0.25) is 0 Å². The van der Waals surface area contributed by atoms with Crippen molar-refractivity contribution in [3.63, 3.8) is 0 Å². The summed E-state index contributed by atoms with van der Waals surface area (Å²) >= 11 is 0. The Kier molecular flexibility index (Phi) is 11.9. The lowest BCUT2D eigenvalue weighted by molar-refractivity contribution is 0.414. The van der Waals surface area contributed by atoms with Crippen LogP contribution >= 0.6 is 0 Å². The van der Waals surface area contributed by atoms with Crippen LogP contribution in [0, 0.1) is 0 Å². The predicted octanol–water partition coefficient (Wildman–Crippen LogP) is 13.7. The number of ether oxygens (including phenoxy) is 4. The molecule has 0 amide bonds. The zero-order valence-electron chi connectivity index (χ0n) is 34.2. The smallest absolute Gasteiger partial charge is 0.119 e. The van der Waals surface area contributed by atoms with Crippen molar-refractivity contribution in [2.75, 3.05) is 38.2 Å². The van der Waals surface area contributed by atoms with Crippen molar-refractivity contribution in [2.24, 2.45) is 0 Å². The Balaban J connectivity index is 1.26. The Morgan fingerprint density at radius 2 is 0.450 bits per heavy atom. The third-order valence-corrected chi connectivity index (χ3v) is 10.5. The van der Waals surface area contributed by atoms with Crippen LogP contribution in [0.1, 0.15) is 22.3 Å². The summed E-state index contributed by atoms with van der Waals surface area (Å²) in [6, 6.07) is 71.5. The average molecular weight is 787 g/mol. The molecular weight excluding hydrogens is 741 g/mol. The molecule has 0 fully saturated rings. The van der Waals surface area contributed by atoms with Crippen LogP contribution in [-0.2, 0) is 0 Å². The van der Waals surface area contributed by atoms with E-state index in [1.54, 1.807) is 28.4 Å². The van der Waals surface area contributed by atoms with E-state index in [-0.39, 0.29) is 0 Å². The first-order valence-electron chi connectivity index (χ1n) is 19.8. The zero-order chi connectivity index (χ0) is 41.3. The van der Waals surface area contributed by atoms with Gasteiger partial charge in [0, 0.05) is 34.1 Å². The number of anilines is 6. The second-order valence-electron chi connectivity index (χ2n) is 14.0. The Hall–Kier alpha value is -7.70. The highest BCUT2D eigenvalue weighted by Gasteiger charge is 2.20. The zero-order valence-corrected chi connectivity index (χ0v) is 34.2. The molecule has 0 atom stereocenters. The van der Waals surface area contributed by atoms with Crippen molar-refractivity contribution >= 4 is 45.3 Å². The van der Waals surface area contributed by atoms with E-state index in [1.807, 2.05) is 48.5 Å². The molecule has 0 saturated heterocycles. The number of rotatable bonds is 14. The van der Waals surface area contributed by atoms with Gasteiger partial charge in [-0.2, -0.15) is 0 Å². The summed E-state index contributed by atoms with van der Waals surface area (Å²) in [7, 11) is 6.74. The van der Waals surface area contributed by atoms with E-state index in [2.05, 4.69) is 168 Å². The van der Waals surface area contributed by atoms with Crippen molar-refractivity contribution in [2.45, 2.75) is 0 Å². The molecule has 6 nitrogen and oxygen atoms in total.